The van der Waals surface area contributed by atoms with Crippen LogP contribution in [-0.4, -0.2) is 41.2 Å². The van der Waals surface area contributed by atoms with Gasteiger partial charge in [0.15, 0.2) is 6.10 Å². The second kappa shape index (κ2) is 8.18. The molecule has 1 aliphatic rings. The maximum atomic E-state index is 12.4. The first-order chi connectivity index (χ1) is 13.4. The molecule has 0 radical (unpaired) electrons. The summed E-state index contributed by atoms with van der Waals surface area (Å²) in [5, 5.41) is 4.60. The molecule has 0 unspecified atom stereocenters. The third-order valence-electron chi connectivity index (χ3n) is 4.19. The van der Waals surface area contributed by atoms with Gasteiger partial charge in [-0.25, -0.2) is 4.79 Å². The first-order valence-corrected chi connectivity index (χ1v) is 9.42. The van der Waals surface area contributed by atoms with Gasteiger partial charge in [-0.3, -0.25) is 19.3 Å². The van der Waals surface area contributed by atoms with E-state index in [4.69, 9.17) is 4.74 Å². The Morgan fingerprint density at radius 3 is 2.68 bits per heavy atom. The molecule has 3 rings (SSSR count). The van der Waals surface area contributed by atoms with E-state index < -0.39 is 29.8 Å². The molecule has 2 aromatic rings. The molecule has 7 nitrogen and oxygen atoms in total. The minimum atomic E-state index is -1.00. The second-order valence-electron chi connectivity index (χ2n) is 6.11. The van der Waals surface area contributed by atoms with Crippen molar-refractivity contribution in [2.45, 2.75) is 19.6 Å². The van der Waals surface area contributed by atoms with E-state index in [0.29, 0.717) is 6.54 Å². The average Bonchev–Trinajstić information content (AvgIpc) is 3.29. The summed E-state index contributed by atoms with van der Waals surface area (Å²) in [6.45, 7) is 5.44. The van der Waals surface area contributed by atoms with Crippen molar-refractivity contribution in [3.8, 4) is 0 Å². The normalized spacial score (nSPS) is 13.8. The van der Waals surface area contributed by atoms with Crippen molar-refractivity contribution in [3.05, 3.63) is 69.9 Å². The lowest BCUT2D eigenvalue weighted by Gasteiger charge is -2.13. The number of amides is 3. The molecule has 2 heterocycles. The van der Waals surface area contributed by atoms with Gasteiger partial charge in [0.1, 0.15) is 0 Å². The number of hydrogen-bond donors (Lipinski definition) is 1. The highest BCUT2D eigenvalue weighted by Crippen LogP contribution is 2.24. The maximum Gasteiger partial charge on any atom is 0.338 e. The van der Waals surface area contributed by atoms with Gasteiger partial charge in [0.25, 0.3) is 17.7 Å². The topological polar surface area (TPSA) is 92.8 Å². The average molecular weight is 398 g/mol. The van der Waals surface area contributed by atoms with Crippen LogP contribution in [0.15, 0.2) is 48.4 Å². The van der Waals surface area contributed by atoms with E-state index in [1.807, 2.05) is 17.5 Å². The van der Waals surface area contributed by atoms with Gasteiger partial charge < -0.3 is 10.1 Å². The number of nitrogens with one attached hydrogen (secondary N) is 1. The van der Waals surface area contributed by atoms with Gasteiger partial charge in [-0.05, 0) is 36.6 Å². The fraction of sp³-hybridized carbons (Fsp3) is 0.200. The van der Waals surface area contributed by atoms with E-state index in [9.17, 15) is 19.2 Å². The van der Waals surface area contributed by atoms with Gasteiger partial charge in [-0.2, -0.15) is 0 Å². The number of benzene rings is 1. The number of ether oxygens (including phenoxy) is 1. The van der Waals surface area contributed by atoms with Crippen LogP contribution in [0.1, 0.15) is 42.9 Å². The van der Waals surface area contributed by atoms with Gasteiger partial charge >= 0.3 is 5.97 Å². The summed E-state index contributed by atoms with van der Waals surface area (Å²) < 4.78 is 5.19. The fourth-order valence-corrected chi connectivity index (χ4v) is 3.37. The van der Waals surface area contributed by atoms with E-state index in [0.717, 1.165) is 9.78 Å². The van der Waals surface area contributed by atoms with Crippen molar-refractivity contribution in [1.82, 2.24) is 10.2 Å². The molecular formula is C20H18N2O5S. The summed E-state index contributed by atoms with van der Waals surface area (Å²) in [5.41, 5.74) is 0.458. The van der Waals surface area contributed by atoms with E-state index in [-0.39, 0.29) is 23.2 Å². The standard InChI is InChI=1S/C20H18N2O5S/c1-3-8-22-18(24)15-7-6-13(10-16(15)19(22)25)20(26)27-12(2)17(23)21-11-14-5-4-9-28-14/h3-7,9-10,12H,1,8,11H2,2H3,(H,21,23)/t12-/m1/s1. The summed E-state index contributed by atoms with van der Waals surface area (Å²) in [5.74, 6) is -2.09. The number of thiophene rings is 1. The van der Waals surface area contributed by atoms with E-state index in [1.54, 1.807) is 0 Å². The number of hydrogen-bond acceptors (Lipinski definition) is 6. The molecule has 0 spiro atoms. The van der Waals surface area contributed by atoms with E-state index in [1.165, 1.54) is 42.5 Å². The molecule has 0 saturated carbocycles. The molecule has 1 aromatic carbocycles. The first-order valence-electron chi connectivity index (χ1n) is 8.54. The molecule has 1 aliphatic heterocycles. The monoisotopic (exact) mass is 398 g/mol. The lowest BCUT2D eigenvalue weighted by Crippen LogP contribution is -2.35. The van der Waals surface area contributed by atoms with Crippen molar-refractivity contribution in [2.24, 2.45) is 0 Å². The number of esters is 1. The number of carbonyl (C=O) groups excluding carboxylic acids is 4. The molecular weight excluding hydrogens is 380 g/mol. The number of fused-ring (bicyclic) bond motifs is 1. The predicted molar refractivity (Wildman–Crippen MR) is 103 cm³/mol. The number of nitrogens with zero attached hydrogens (tertiary/aromatic N) is 1. The zero-order valence-corrected chi connectivity index (χ0v) is 16.0. The smallest absolute Gasteiger partial charge is 0.338 e. The number of imide groups is 1. The molecule has 0 saturated heterocycles. The lowest BCUT2D eigenvalue weighted by molar-refractivity contribution is -0.129. The summed E-state index contributed by atoms with van der Waals surface area (Å²) in [4.78, 5) is 51.0. The Kier molecular flexibility index (Phi) is 5.70. The van der Waals surface area contributed by atoms with Crippen molar-refractivity contribution in [2.75, 3.05) is 6.54 Å². The predicted octanol–water partition coefficient (Wildman–Crippen LogP) is 2.39. The van der Waals surface area contributed by atoms with Crippen molar-refractivity contribution in [3.63, 3.8) is 0 Å². The molecule has 144 valence electrons. The Hall–Kier alpha value is -3.26. The zero-order chi connectivity index (χ0) is 20.3. The molecule has 3 amide bonds. The van der Waals surface area contributed by atoms with E-state index in [2.05, 4.69) is 11.9 Å². The van der Waals surface area contributed by atoms with Crippen molar-refractivity contribution < 1.29 is 23.9 Å². The van der Waals surface area contributed by atoms with Gasteiger partial charge in [0.2, 0.25) is 0 Å². The minimum Gasteiger partial charge on any atom is -0.449 e. The van der Waals surface area contributed by atoms with Gasteiger partial charge in [0, 0.05) is 11.4 Å². The second-order valence-corrected chi connectivity index (χ2v) is 7.15. The molecule has 1 N–H and O–H groups in total. The molecule has 0 bridgehead atoms. The van der Waals surface area contributed by atoms with E-state index >= 15 is 0 Å². The van der Waals surface area contributed by atoms with Crippen LogP contribution in [0, 0.1) is 0 Å². The number of carbonyl (C=O) groups is 4. The summed E-state index contributed by atoms with van der Waals surface area (Å²) >= 11 is 1.51. The summed E-state index contributed by atoms with van der Waals surface area (Å²) in [6.07, 6.45) is 0.447. The Labute approximate surface area is 165 Å². The molecule has 1 atom stereocenters. The Morgan fingerprint density at radius 2 is 2.00 bits per heavy atom. The largest absolute Gasteiger partial charge is 0.449 e. The fourth-order valence-electron chi connectivity index (χ4n) is 2.73. The lowest BCUT2D eigenvalue weighted by atomic mass is 10.1. The quantitative estimate of drug-likeness (QED) is 0.439. The van der Waals surface area contributed by atoms with Crippen molar-refractivity contribution in [1.29, 1.82) is 0 Å². The zero-order valence-electron chi connectivity index (χ0n) is 15.1. The Morgan fingerprint density at radius 1 is 1.25 bits per heavy atom. The van der Waals surface area contributed by atoms with Crippen molar-refractivity contribution >= 4 is 35.0 Å². The molecule has 1 aromatic heterocycles. The van der Waals surface area contributed by atoms with Crippen LogP contribution in [0.5, 0.6) is 0 Å². The highest BCUT2D eigenvalue weighted by atomic mass is 32.1. The van der Waals surface area contributed by atoms with Gasteiger partial charge in [-0.15, -0.1) is 17.9 Å². The SMILES string of the molecule is C=CCN1C(=O)c2ccc(C(=O)O[C@H](C)C(=O)NCc3cccs3)cc2C1=O. The number of rotatable bonds is 7. The molecule has 8 heteroatoms. The van der Waals surface area contributed by atoms with Crippen LogP contribution in [0.3, 0.4) is 0 Å². The van der Waals surface area contributed by atoms with Gasteiger partial charge in [0.05, 0.1) is 23.2 Å². The minimum absolute atomic E-state index is 0.0908. The van der Waals surface area contributed by atoms with Crippen LogP contribution in [0.25, 0.3) is 0 Å². The van der Waals surface area contributed by atoms with Crippen LogP contribution in [-0.2, 0) is 16.1 Å². The first kappa shape index (κ1) is 19.5. The van der Waals surface area contributed by atoms with Crippen LogP contribution in [0.4, 0.5) is 0 Å². The highest BCUT2D eigenvalue weighted by Gasteiger charge is 2.35. The Bertz CT molecular complexity index is 952. The highest BCUT2D eigenvalue weighted by molar-refractivity contribution is 7.09. The maximum absolute atomic E-state index is 12.4. The third kappa shape index (κ3) is 3.86. The Balaban J connectivity index is 1.65. The third-order valence-corrected chi connectivity index (χ3v) is 5.06. The molecule has 0 aliphatic carbocycles. The molecule has 0 fully saturated rings. The summed E-state index contributed by atoms with van der Waals surface area (Å²) in [6, 6.07) is 7.90. The van der Waals surface area contributed by atoms with Gasteiger partial charge in [-0.1, -0.05) is 12.1 Å². The van der Waals surface area contributed by atoms with Crippen LogP contribution >= 0.6 is 11.3 Å². The molecule has 28 heavy (non-hydrogen) atoms. The summed E-state index contributed by atoms with van der Waals surface area (Å²) in [7, 11) is 0. The van der Waals surface area contributed by atoms with Crippen LogP contribution < -0.4 is 5.32 Å². The van der Waals surface area contributed by atoms with Crippen LogP contribution in [0.2, 0.25) is 0 Å².